The third-order valence-electron chi connectivity index (χ3n) is 3.05. The van der Waals surface area contributed by atoms with E-state index in [-0.39, 0.29) is 12.1 Å². The Morgan fingerprint density at radius 1 is 1.56 bits per heavy atom. The van der Waals surface area contributed by atoms with Gasteiger partial charge in [-0.05, 0) is 30.5 Å². The van der Waals surface area contributed by atoms with Crippen molar-refractivity contribution in [1.29, 1.82) is 0 Å². The van der Waals surface area contributed by atoms with Crippen LogP contribution in [0.25, 0.3) is 0 Å². The summed E-state index contributed by atoms with van der Waals surface area (Å²) in [5.74, 6) is 0. The molecule has 5 heteroatoms. The molecule has 2 rings (SSSR count). The lowest BCUT2D eigenvalue weighted by molar-refractivity contribution is 0.189. The number of hydrogen-bond donors (Lipinski definition) is 3. The molecule has 1 unspecified atom stereocenters. The number of urea groups is 1. The SMILES string of the molecule is CCc1ccc(NC(=O)NC2CCOC2)cc1N. The molecule has 0 spiro atoms. The Morgan fingerprint density at radius 3 is 3.00 bits per heavy atom. The molecule has 0 radical (unpaired) electrons. The van der Waals surface area contributed by atoms with E-state index in [0.717, 1.165) is 18.4 Å². The number of amides is 2. The van der Waals surface area contributed by atoms with E-state index < -0.39 is 0 Å². The molecule has 1 fully saturated rings. The molecule has 1 atom stereocenters. The maximum absolute atomic E-state index is 11.7. The maximum atomic E-state index is 11.7. The number of nitrogens with one attached hydrogen (secondary N) is 2. The highest BCUT2D eigenvalue weighted by atomic mass is 16.5. The van der Waals surface area contributed by atoms with Gasteiger partial charge in [-0.15, -0.1) is 0 Å². The number of aryl methyl sites for hydroxylation is 1. The molecule has 1 aliphatic heterocycles. The van der Waals surface area contributed by atoms with E-state index in [1.54, 1.807) is 6.07 Å². The van der Waals surface area contributed by atoms with E-state index in [4.69, 9.17) is 10.5 Å². The lowest BCUT2D eigenvalue weighted by atomic mass is 10.1. The summed E-state index contributed by atoms with van der Waals surface area (Å²) in [7, 11) is 0. The smallest absolute Gasteiger partial charge is 0.319 e. The molecule has 1 saturated heterocycles. The molecule has 5 nitrogen and oxygen atoms in total. The zero-order valence-electron chi connectivity index (χ0n) is 10.5. The third kappa shape index (κ3) is 3.13. The van der Waals surface area contributed by atoms with Crippen molar-refractivity contribution in [3.8, 4) is 0 Å². The summed E-state index contributed by atoms with van der Waals surface area (Å²) >= 11 is 0. The van der Waals surface area contributed by atoms with Gasteiger partial charge in [-0.3, -0.25) is 0 Å². The summed E-state index contributed by atoms with van der Waals surface area (Å²) in [4.78, 5) is 11.7. The van der Waals surface area contributed by atoms with E-state index in [0.29, 0.717) is 24.6 Å². The van der Waals surface area contributed by atoms with Crippen LogP contribution in [-0.2, 0) is 11.2 Å². The Hall–Kier alpha value is -1.75. The lowest BCUT2D eigenvalue weighted by Gasteiger charge is -2.13. The molecule has 98 valence electrons. The lowest BCUT2D eigenvalue weighted by Crippen LogP contribution is -2.38. The van der Waals surface area contributed by atoms with Gasteiger partial charge in [0.2, 0.25) is 0 Å². The Labute approximate surface area is 107 Å². The van der Waals surface area contributed by atoms with Crippen LogP contribution in [0.4, 0.5) is 16.2 Å². The summed E-state index contributed by atoms with van der Waals surface area (Å²) in [6.07, 6.45) is 1.75. The first-order valence-electron chi connectivity index (χ1n) is 6.22. The van der Waals surface area contributed by atoms with Crippen LogP contribution < -0.4 is 16.4 Å². The summed E-state index contributed by atoms with van der Waals surface area (Å²) in [5.41, 5.74) is 8.38. The molecule has 1 aliphatic rings. The number of nitrogens with two attached hydrogens (primary N) is 1. The average molecular weight is 249 g/mol. The molecule has 0 aromatic heterocycles. The second-order valence-electron chi connectivity index (χ2n) is 4.43. The van der Waals surface area contributed by atoms with Gasteiger partial charge in [0.15, 0.2) is 0 Å². The molecule has 1 aromatic rings. The quantitative estimate of drug-likeness (QED) is 0.714. The fraction of sp³-hybridized carbons (Fsp3) is 0.462. The molecule has 1 heterocycles. The molecule has 0 saturated carbocycles. The Balaban J connectivity index is 1.92. The van der Waals surface area contributed by atoms with Gasteiger partial charge in [-0.25, -0.2) is 4.79 Å². The second kappa shape index (κ2) is 5.73. The molecule has 0 aliphatic carbocycles. The predicted octanol–water partition coefficient (Wildman–Crippen LogP) is 1.74. The summed E-state index contributed by atoms with van der Waals surface area (Å²) in [5, 5.41) is 5.63. The fourth-order valence-electron chi connectivity index (χ4n) is 2.00. The van der Waals surface area contributed by atoms with Crippen molar-refractivity contribution in [1.82, 2.24) is 5.32 Å². The van der Waals surface area contributed by atoms with Crippen LogP contribution in [-0.4, -0.2) is 25.3 Å². The minimum atomic E-state index is -0.214. The van der Waals surface area contributed by atoms with Gasteiger partial charge in [-0.1, -0.05) is 13.0 Å². The summed E-state index contributed by atoms with van der Waals surface area (Å²) in [6, 6.07) is 5.47. The Kier molecular flexibility index (Phi) is 4.04. The number of anilines is 2. The molecular formula is C13H19N3O2. The first-order valence-corrected chi connectivity index (χ1v) is 6.22. The van der Waals surface area contributed by atoms with Crippen molar-refractivity contribution in [2.45, 2.75) is 25.8 Å². The third-order valence-corrected chi connectivity index (χ3v) is 3.05. The van der Waals surface area contributed by atoms with Crippen molar-refractivity contribution in [3.63, 3.8) is 0 Å². The van der Waals surface area contributed by atoms with Crippen LogP contribution >= 0.6 is 0 Å². The van der Waals surface area contributed by atoms with Gasteiger partial charge in [0.05, 0.1) is 12.6 Å². The molecular weight excluding hydrogens is 230 g/mol. The molecule has 0 bridgehead atoms. The number of nitrogen functional groups attached to an aromatic ring is 1. The first-order chi connectivity index (χ1) is 8.69. The van der Waals surface area contributed by atoms with Gasteiger partial charge in [0.1, 0.15) is 0 Å². The van der Waals surface area contributed by atoms with Gasteiger partial charge in [0.25, 0.3) is 0 Å². The van der Waals surface area contributed by atoms with Crippen LogP contribution in [0.15, 0.2) is 18.2 Å². The molecule has 1 aromatic carbocycles. The van der Waals surface area contributed by atoms with Gasteiger partial charge < -0.3 is 21.1 Å². The van der Waals surface area contributed by atoms with Crippen molar-refractivity contribution >= 4 is 17.4 Å². The minimum Gasteiger partial charge on any atom is -0.398 e. The van der Waals surface area contributed by atoms with E-state index in [9.17, 15) is 4.79 Å². The highest BCUT2D eigenvalue weighted by Crippen LogP contribution is 2.18. The minimum absolute atomic E-state index is 0.109. The highest BCUT2D eigenvalue weighted by molar-refractivity contribution is 5.90. The monoisotopic (exact) mass is 249 g/mol. The highest BCUT2D eigenvalue weighted by Gasteiger charge is 2.17. The van der Waals surface area contributed by atoms with Gasteiger partial charge in [0, 0.05) is 18.0 Å². The predicted molar refractivity (Wildman–Crippen MR) is 71.6 cm³/mol. The number of carbonyl (C=O) groups excluding carboxylic acids is 1. The zero-order valence-corrected chi connectivity index (χ0v) is 10.5. The normalized spacial score (nSPS) is 18.6. The van der Waals surface area contributed by atoms with Crippen LogP contribution in [0.5, 0.6) is 0 Å². The largest absolute Gasteiger partial charge is 0.398 e. The van der Waals surface area contributed by atoms with Crippen molar-refractivity contribution in [2.75, 3.05) is 24.3 Å². The van der Waals surface area contributed by atoms with E-state index in [1.165, 1.54) is 0 Å². The molecule has 4 N–H and O–H groups in total. The maximum Gasteiger partial charge on any atom is 0.319 e. The van der Waals surface area contributed by atoms with Gasteiger partial charge in [-0.2, -0.15) is 0 Å². The van der Waals surface area contributed by atoms with E-state index in [1.807, 2.05) is 19.1 Å². The van der Waals surface area contributed by atoms with E-state index in [2.05, 4.69) is 10.6 Å². The van der Waals surface area contributed by atoms with Crippen LogP contribution in [0.3, 0.4) is 0 Å². The van der Waals surface area contributed by atoms with Crippen molar-refractivity contribution in [2.24, 2.45) is 0 Å². The fourth-order valence-corrected chi connectivity index (χ4v) is 2.00. The van der Waals surface area contributed by atoms with Crippen LogP contribution in [0.2, 0.25) is 0 Å². The van der Waals surface area contributed by atoms with E-state index >= 15 is 0 Å². The second-order valence-corrected chi connectivity index (χ2v) is 4.43. The topological polar surface area (TPSA) is 76.4 Å². The number of carbonyl (C=O) groups is 1. The number of rotatable bonds is 3. The number of benzene rings is 1. The van der Waals surface area contributed by atoms with Gasteiger partial charge >= 0.3 is 6.03 Å². The van der Waals surface area contributed by atoms with Crippen molar-refractivity contribution < 1.29 is 9.53 Å². The zero-order chi connectivity index (χ0) is 13.0. The van der Waals surface area contributed by atoms with Crippen LogP contribution in [0.1, 0.15) is 18.9 Å². The Morgan fingerprint density at radius 2 is 2.39 bits per heavy atom. The molecule has 2 amide bonds. The summed E-state index contributed by atoms with van der Waals surface area (Å²) < 4.78 is 5.20. The molecule has 18 heavy (non-hydrogen) atoms. The number of ether oxygens (including phenoxy) is 1. The average Bonchev–Trinajstić information content (AvgIpc) is 2.82. The Bertz CT molecular complexity index is 428. The summed E-state index contributed by atoms with van der Waals surface area (Å²) in [6.45, 7) is 3.35. The standard InChI is InChI=1S/C13H19N3O2/c1-2-9-3-4-10(7-12(9)14)15-13(17)16-11-5-6-18-8-11/h3-4,7,11H,2,5-6,8,14H2,1H3,(H2,15,16,17). The number of hydrogen-bond acceptors (Lipinski definition) is 3. The van der Waals surface area contributed by atoms with Crippen LogP contribution in [0, 0.1) is 0 Å². The van der Waals surface area contributed by atoms with Crippen molar-refractivity contribution in [3.05, 3.63) is 23.8 Å². The first kappa shape index (κ1) is 12.7.